The van der Waals surface area contributed by atoms with Crippen LogP contribution < -0.4 is 5.32 Å². The summed E-state index contributed by atoms with van der Waals surface area (Å²) in [7, 11) is 0. The maximum atomic E-state index is 13.5. The highest BCUT2D eigenvalue weighted by molar-refractivity contribution is 5.96. The fourth-order valence-corrected chi connectivity index (χ4v) is 4.81. The number of anilines is 1. The van der Waals surface area contributed by atoms with E-state index in [1.165, 1.54) is 24.5 Å². The van der Waals surface area contributed by atoms with Crippen molar-refractivity contribution in [1.29, 1.82) is 0 Å². The molecule has 6 nitrogen and oxygen atoms in total. The molecule has 1 aromatic heterocycles. The van der Waals surface area contributed by atoms with Gasteiger partial charge in [0.2, 0.25) is 5.91 Å². The molecule has 0 bridgehead atoms. The third-order valence-electron chi connectivity index (χ3n) is 6.30. The van der Waals surface area contributed by atoms with E-state index in [0.717, 1.165) is 59.4 Å². The van der Waals surface area contributed by atoms with Gasteiger partial charge in [0.25, 0.3) is 5.91 Å². The molecule has 158 valence electrons. The van der Waals surface area contributed by atoms with Crippen molar-refractivity contribution >= 4 is 17.5 Å². The maximum absolute atomic E-state index is 13.5. The number of aromatic amines is 1. The second kappa shape index (κ2) is 8.02. The molecule has 0 atom stereocenters. The van der Waals surface area contributed by atoms with Crippen molar-refractivity contribution in [2.75, 3.05) is 11.9 Å². The van der Waals surface area contributed by atoms with Crippen LogP contribution in [0.5, 0.6) is 0 Å². The first-order valence-corrected chi connectivity index (χ1v) is 10.9. The first kappa shape index (κ1) is 19.5. The van der Waals surface area contributed by atoms with Crippen LogP contribution in [-0.2, 0) is 30.6 Å². The number of carbonyl (C=O) groups excluding carboxylic acids is 2. The maximum Gasteiger partial charge on any atom is 0.254 e. The van der Waals surface area contributed by atoms with Crippen LogP contribution in [0.25, 0.3) is 11.3 Å². The Morgan fingerprint density at radius 1 is 1.03 bits per heavy atom. The Morgan fingerprint density at radius 2 is 1.87 bits per heavy atom. The van der Waals surface area contributed by atoms with Gasteiger partial charge in [-0.05, 0) is 55.0 Å². The number of rotatable bonds is 3. The Morgan fingerprint density at radius 3 is 2.74 bits per heavy atom. The van der Waals surface area contributed by atoms with Crippen LogP contribution in [-0.4, -0.2) is 33.5 Å². The van der Waals surface area contributed by atoms with Crippen molar-refractivity contribution in [3.63, 3.8) is 0 Å². The topological polar surface area (TPSA) is 78.1 Å². The molecule has 31 heavy (non-hydrogen) atoms. The lowest BCUT2D eigenvalue weighted by Crippen LogP contribution is -2.36. The highest BCUT2D eigenvalue weighted by Gasteiger charge is 2.28. The van der Waals surface area contributed by atoms with Gasteiger partial charge in [-0.1, -0.05) is 24.3 Å². The van der Waals surface area contributed by atoms with Gasteiger partial charge in [0.05, 0.1) is 5.69 Å². The Labute approximate surface area is 181 Å². The van der Waals surface area contributed by atoms with Gasteiger partial charge in [0.15, 0.2) is 0 Å². The minimum Gasteiger partial charge on any atom is -0.334 e. The molecule has 2 heterocycles. The zero-order valence-electron chi connectivity index (χ0n) is 17.7. The number of hydrogen-bond acceptors (Lipinski definition) is 3. The summed E-state index contributed by atoms with van der Waals surface area (Å²) in [5.41, 5.74) is 8.07. The van der Waals surface area contributed by atoms with Gasteiger partial charge >= 0.3 is 0 Å². The van der Waals surface area contributed by atoms with Crippen molar-refractivity contribution in [3.05, 3.63) is 70.4 Å². The van der Waals surface area contributed by atoms with Crippen LogP contribution in [0.1, 0.15) is 52.5 Å². The number of hydrogen-bond donors (Lipinski definition) is 2. The van der Waals surface area contributed by atoms with E-state index in [1.807, 2.05) is 41.3 Å². The Balaban J connectivity index is 1.44. The number of H-pyrrole nitrogens is 1. The summed E-state index contributed by atoms with van der Waals surface area (Å²) in [5, 5.41) is 10.5. The monoisotopic (exact) mass is 414 g/mol. The summed E-state index contributed by atoms with van der Waals surface area (Å²) in [6.07, 6.45) is 5.17. The lowest BCUT2D eigenvalue weighted by molar-refractivity contribution is -0.114. The van der Waals surface area contributed by atoms with Crippen molar-refractivity contribution < 1.29 is 9.59 Å². The molecule has 2 aromatic carbocycles. The summed E-state index contributed by atoms with van der Waals surface area (Å²) >= 11 is 0. The molecular weight excluding hydrogens is 388 g/mol. The zero-order chi connectivity index (χ0) is 21.4. The fourth-order valence-electron chi connectivity index (χ4n) is 4.81. The van der Waals surface area contributed by atoms with Crippen LogP contribution >= 0.6 is 0 Å². The van der Waals surface area contributed by atoms with E-state index in [0.29, 0.717) is 13.1 Å². The molecule has 0 saturated heterocycles. The van der Waals surface area contributed by atoms with Gasteiger partial charge in [-0.25, -0.2) is 0 Å². The van der Waals surface area contributed by atoms with Gasteiger partial charge in [-0.2, -0.15) is 5.10 Å². The molecule has 2 aliphatic rings. The van der Waals surface area contributed by atoms with E-state index >= 15 is 0 Å². The molecule has 0 saturated carbocycles. The number of aryl methyl sites for hydroxylation is 1. The van der Waals surface area contributed by atoms with Crippen LogP contribution in [0.3, 0.4) is 0 Å². The summed E-state index contributed by atoms with van der Waals surface area (Å²) in [6, 6.07) is 13.8. The van der Waals surface area contributed by atoms with Crippen molar-refractivity contribution in [1.82, 2.24) is 15.1 Å². The molecule has 0 unspecified atom stereocenters. The van der Waals surface area contributed by atoms with Gasteiger partial charge in [0.1, 0.15) is 0 Å². The standard InChI is InChI=1S/C25H26N4O2/c1-16(30)26-19-9-4-8-18(14-19)24-22-15-29(13-12-23(22)27-28-24)25(31)21-11-5-7-17-6-2-3-10-20(17)21/h4-5,7-9,11,14H,2-3,6,10,12-13,15H2,1H3,(H,26,30)(H,27,28). The number of nitrogens with one attached hydrogen (secondary N) is 2. The molecule has 0 radical (unpaired) electrons. The highest BCUT2D eigenvalue weighted by Crippen LogP contribution is 2.31. The Kier molecular flexibility index (Phi) is 5.06. The minimum atomic E-state index is -0.107. The minimum absolute atomic E-state index is 0.107. The third kappa shape index (κ3) is 3.74. The molecule has 0 fully saturated rings. The largest absolute Gasteiger partial charge is 0.334 e. The lowest BCUT2D eigenvalue weighted by Gasteiger charge is -2.29. The van der Waals surface area contributed by atoms with E-state index in [9.17, 15) is 9.59 Å². The summed E-state index contributed by atoms with van der Waals surface area (Å²) in [5.74, 6) is 0.00715. The van der Waals surface area contributed by atoms with Crippen LogP contribution in [0.2, 0.25) is 0 Å². The SMILES string of the molecule is CC(=O)Nc1cccc(-c2n[nH]c3c2CN(C(=O)c2cccc4c2CCCC4)CC3)c1. The molecular formula is C25H26N4O2. The molecule has 2 amide bonds. The predicted octanol–water partition coefficient (Wildman–Crippen LogP) is 4.11. The number of amides is 2. The van der Waals surface area contributed by atoms with Gasteiger partial charge in [-0.3, -0.25) is 14.7 Å². The summed E-state index contributed by atoms with van der Waals surface area (Å²) < 4.78 is 0. The fraction of sp³-hybridized carbons (Fsp3) is 0.320. The molecule has 5 rings (SSSR count). The lowest BCUT2D eigenvalue weighted by atomic mass is 9.87. The Bertz CT molecular complexity index is 1160. The summed E-state index contributed by atoms with van der Waals surface area (Å²) in [6.45, 7) is 2.71. The van der Waals surface area contributed by atoms with E-state index in [4.69, 9.17) is 0 Å². The second-order valence-electron chi connectivity index (χ2n) is 8.42. The molecule has 1 aliphatic heterocycles. The van der Waals surface area contributed by atoms with Gasteiger partial charge < -0.3 is 10.2 Å². The van der Waals surface area contributed by atoms with Gasteiger partial charge in [0, 0.05) is 54.5 Å². The van der Waals surface area contributed by atoms with Crippen LogP contribution in [0.15, 0.2) is 42.5 Å². The summed E-state index contributed by atoms with van der Waals surface area (Å²) in [4.78, 5) is 26.8. The van der Waals surface area contributed by atoms with Crippen LogP contribution in [0.4, 0.5) is 5.69 Å². The number of fused-ring (bicyclic) bond motifs is 2. The van der Waals surface area contributed by atoms with E-state index in [2.05, 4.69) is 21.6 Å². The van der Waals surface area contributed by atoms with E-state index in [-0.39, 0.29) is 11.8 Å². The third-order valence-corrected chi connectivity index (χ3v) is 6.30. The molecule has 2 N–H and O–H groups in total. The average molecular weight is 415 g/mol. The molecule has 0 spiro atoms. The Hall–Kier alpha value is -3.41. The van der Waals surface area contributed by atoms with E-state index < -0.39 is 0 Å². The number of carbonyl (C=O) groups is 2. The zero-order valence-corrected chi connectivity index (χ0v) is 17.7. The molecule has 3 aromatic rings. The van der Waals surface area contributed by atoms with Crippen molar-refractivity contribution in [2.24, 2.45) is 0 Å². The number of benzene rings is 2. The van der Waals surface area contributed by atoms with E-state index in [1.54, 1.807) is 0 Å². The van der Waals surface area contributed by atoms with Crippen molar-refractivity contribution in [3.8, 4) is 11.3 Å². The first-order valence-electron chi connectivity index (χ1n) is 10.9. The highest BCUT2D eigenvalue weighted by atomic mass is 16.2. The predicted molar refractivity (Wildman–Crippen MR) is 120 cm³/mol. The van der Waals surface area contributed by atoms with Crippen LogP contribution in [0, 0.1) is 0 Å². The average Bonchev–Trinajstić information content (AvgIpc) is 3.21. The molecule has 6 heteroatoms. The van der Waals surface area contributed by atoms with Gasteiger partial charge in [-0.15, -0.1) is 0 Å². The smallest absolute Gasteiger partial charge is 0.254 e. The normalized spacial score (nSPS) is 15.2. The van der Waals surface area contributed by atoms with Crippen molar-refractivity contribution in [2.45, 2.75) is 45.6 Å². The number of nitrogens with zero attached hydrogens (tertiary/aromatic N) is 2. The molecule has 1 aliphatic carbocycles. The first-order chi connectivity index (χ1) is 15.1. The quantitative estimate of drug-likeness (QED) is 0.677. The second-order valence-corrected chi connectivity index (χ2v) is 8.42. The number of aromatic nitrogens is 2.